The second-order valence-electron chi connectivity index (χ2n) is 6.62. The minimum absolute atomic E-state index is 0.0324. The third-order valence-corrected chi connectivity index (χ3v) is 4.89. The average Bonchev–Trinajstić information content (AvgIpc) is 3.02. The van der Waals surface area contributed by atoms with E-state index < -0.39 is 0 Å². The first-order valence-electron chi connectivity index (χ1n) is 9.03. The topological polar surface area (TPSA) is 66.5 Å². The molecule has 0 bridgehead atoms. The van der Waals surface area contributed by atoms with Gasteiger partial charge in [0.05, 0.1) is 13.2 Å². The molecule has 1 fully saturated rings. The van der Waals surface area contributed by atoms with Crippen molar-refractivity contribution in [3.63, 3.8) is 0 Å². The highest BCUT2D eigenvalue weighted by Crippen LogP contribution is 2.21. The predicted molar refractivity (Wildman–Crippen MR) is 107 cm³/mol. The monoisotopic (exact) mass is 387 g/mol. The lowest BCUT2D eigenvalue weighted by Crippen LogP contribution is -2.49. The van der Waals surface area contributed by atoms with Gasteiger partial charge in [-0.1, -0.05) is 24.3 Å². The normalized spacial score (nSPS) is 15.6. The molecule has 8 heteroatoms. The molecule has 0 atom stereocenters. The van der Waals surface area contributed by atoms with E-state index in [-0.39, 0.29) is 5.91 Å². The Kier molecular flexibility index (Phi) is 6.54. The molecule has 2 aromatic rings. The van der Waals surface area contributed by atoms with E-state index in [0.717, 1.165) is 37.3 Å². The number of carbonyl (C=O) groups excluding carboxylic acids is 1. The molecule has 27 heavy (non-hydrogen) atoms. The third-order valence-electron chi connectivity index (χ3n) is 4.59. The number of hydrogen-bond donors (Lipinski definition) is 1. The lowest BCUT2D eigenvalue weighted by atomic mass is 10.1. The van der Waals surface area contributed by atoms with E-state index in [4.69, 9.17) is 16.6 Å². The molecule has 1 aliphatic heterocycles. The smallest absolute Gasteiger partial charge is 0.288 e. The van der Waals surface area contributed by atoms with Crippen molar-refractivity contribution >= 4 is 18.1 Å². The number of hydrogen-bond acceptors (Lipinski definition) is 6. The van der Waals surface area contributed by atoms with Crippen LogP contribution < -0.4 is 5.32 Å². The fraction of sp³-hybridized carbons (Fsp3) is 0.421. The molecule has 0 aliphatic carbocycles. The maximum atomic E-state index is 11.8. The van der Waals surface area contributed by atoms with E-state index in [1.807, 2.05) is 31.2 Å². The molecule has 1 aromatic heterocycles. The fourth-order valence-electron chi connectivity index (χ4n) is 3.04. The van der Waals surface area contributed by atoms with Crippen molar-refractivity contribution in [1.29, 1.82) is 0 Å². The van der Waals surface area contributed by atoms with Gasteiger partial charge in [0.25, 0.3) is 4.84 Å². The van der Waals surface area contributed by atoms with E-state index in [1.54, 1.807) is 10.8 Å². The van der Waals surface area contributed by atoms with Gasteiger partial charge in [-0.05, 0) is 30.8 Å². The van der Waals surface area contributed by atoms with E-state index in [9.17, 15) is 4.79 Å². The summed E-state index contributed by atoms with van der Waals surface area (Å²) in [5.41, 5.74) is 2.06. The van der Waals surface area contributed by atoms with Gasteiger partial charge in [-0.25, -0.2) is 4.68 Å². The second-order valence-corrected chi connectivity index (χ2v) is 6.97. The van der Waals surface area contributed by atoms with Crippen LogP contribution in [-0.2, 0) is 11.5 Å². The number of piperazine rings is 1. The first-order chi connectivity index (χ1) is 13.1. The first kappa shape index (κ1) is 19.5. The van der Waals surface area contributed by atoms with E-state index >= 15 is 0 Å². The SMILES string of the molecule is C=CCNC(=O)CN1CCN(Cn2nc(-c3ccccc3C)oc2=S)CC1. The van der Waals surface area contributed by atoms with Crippen LogP contribution in [0, 0.1) is 11.8 Å². The number of benzene rings is 1. The zero-order chi connectivity index (χ0) is 19.2. The fourth-order valence-corrected chi connectivity index (χ4v) is 3.22. The summed E-state index contributed by atoms with van der Waals surface area (Å²) in [6.45, 7) is 10.5. The highest BCUT2D eigenvalue weighted by molar-refractivity contribution is 7.71. The van der Waals surface area contributed by atoms with Crippen molar-refractivity contribution in [2.75, 3.05) is 39.3 Å². The van der Waals surface area contributed by atoms with Crippen molar-refractivity contribution in [3.8, 4) is 11.5 Å². The number of carbonyl (C=O) groups is 1. The Morgan fingerprint density at radius 3 is 2.70 bits per heavy atom. The summed E-state index contributed by atoms with van der Waals surface area (Å²) < 4.78 is 7.43. The summed E-state index contributed by atoms with van der Waals surface area (Å²) in [5, 5.41) is 7.36. The molecule has 1 amide bonds. The van der Waals surface area contributed by atoms with Crippen LogP contribution in [0.25, 0.3) is 11.5 Å². The number of aryl methyl sites for hydroxylation is 1. The Hall–Kier alpha value is -2.29. The molecule has 7 nitrogen and oxygen atoms in total. The van der Waals surface area contributed by atoms with Gasteiger partial charge in [-0.3, -0.25) is 14.6 Å². The van der Waals surface area contributed by atoms with Gasteiger partial charge in [0.15, 0.2) is 0 Å². The lowest BCUT2D eigenvalue weighted by Gasteiger charge is -2.33. The molecule has 3 rings (SSSR count). The predicted octanol–water partition coefficient (Wildman–Crippen LogP) is 2.06. The summed E-state index contributed by atoms with van der Waals surface area (Å²) >= 11 is 5.34. The first-order valence-corrected chi connectivity index (χ1v) is 9.44. The standard InChI is InChI=1S/C19H25N5O2S/c1-3-8-20-17(25)13-22-9-11-23(12-10-22)14-24-19(27)26-18(21-24)16-7-5-4-6-15(16)2/h3-7H,1,8-14H2,2H3,(H,20,25). The molecule has 2 heterocycles. The molecule has 0 unspecified atom stereocenters. The summed E-state index contributed by atoms with van der Waals surface area (Å²) in [7, 11) is 0. The van der Waals surface area contributed by atoms with Gasteiger partial charge in [-0.2, -0.15) is 0 Å². The van der Waals surface area contributed by atoms with Crippen molar-refractivity contribution in [2.24, 2.45) is 0 Å². The number of nitrogens with one attached hydrogen (secondary N) is 1. The molecular formula is C19H25N5O2S. The zero-order valence-corrected chi connectivity index (χ0v) is 16.4. The van der Waals surface area contributed by atoms with Crippen molar-refractivity contribution in [1.82, 2.24) is 24.9 Å². The van der Waals surface area contributed by atoms with E-state index in [1.165, 1.54) is 0 Å². The van der Waals surface area contributed by atoms with Crippen LogP contribution in [0.2, 0.25) is 0 Å². The van der Waals surface area contributed by atoms with Crippen molar-refractivity contribution in [2.45, 2.75) is 13.6 Å². The number of amides is 1. The Morgan fingerprint density at radius 1 is 1.30 bits per heavy atom. The number of nitrogens with zero attached hydrogens (tertiary/aromatic N) is 4. The largest absolute Gasteiger partial charge is 0.409 e. The van der Waals surface area contributed by atoms with Crippen LogP contribution in [0.15, 0.2) is 41.3 Å². The summed E-state index contributed by atoms with van der Waals surface area (Å²) in [5.74, 6) is 0.584. The number of rotatable bonds is 7. The summed E-state index contributed by atoms with van der Waals surface area (Å²) in [6.07, 6.45) is 1.68. The molecule has 1 N–H and O–H groups in total. The van der Waals surface area contributed by atoms with Crippen LogP contribution >= 0.6 is 12.2 Å². The Labute approximate surface area is 164 Å². The van der Waals surface area contributed by atoms with Gasteiger partial charge in [0.1, 0.15) is 0 Å². The van der Waals surface area contributed by atoms with Gasteiger partial charge in [-0.15, -0.1) is 11.7 Å². The molecule has 1 aliphatic rings. The molecule has 0 spiro atoms. The second kappa shape index (κ2) is 9.07. The summed E-state index contributed by atoms with van der Waals surface area (Å²) in [6, 6.07) is 7.96. The van der Waals surface area contributed by atoms with Crippen molar-refractivity contribution < 1.29 is 9.21 Å². The van der Waals surface area contributed by atoms with E-state index in [2.05, 4.69) is 26.8 Å². The Balaban J connectivity index is 1.55. The zero-order valence-electron chi connectivity index (χ0n) is 15.6. The third kappa shape index (κ3) is 5.12. The molecule has 144 valence electrons. The van der Waals surface area contributed by atoms with Gasteiger partial charge in [0.2, 0.25) is 11.8 Å². The maximum Gasteiger partial charge on any atom is 0.288 e. The molecule has 1 aromatic carbocycles. The average molecular weight is 388 g/mol. The van der Waals surface area contributed by atoms with Crippen LogP contribution in [0.3, 0.4) is 0 Å². The van der Waals surface area contributed by atoms with E-state index in [0.29, 0.717) is 30.5 Å². The quantitative estimate of drug-likeness (QED) is 0.579. The minimum atomic E-state index is 0.0324. The minimum Gasteiger partial charge on any atom is -0.409 e. The molecule has 0 saturated carbocycles. The number of aromatic nitrogens is 2. The van der Waals surface area contributed by atoms with Gasteiger partial charge in [0, 0.05) is 38.3 Å². The van der Waals surface area contributed by atoms with Crippen LogP contribution in [0.4, 0.5) is 0 Å². The molecule has 0 radical (unpaired) electrons. The maximum absolute atomic E-state index is 11.8. The Morgan fingerprint density at radius 2 is 2.00 bits per heavy atom. The van der Waals surface area contributed by atoms with Crippen LogP contribution in [-0.4, -0.2) is 64.8 Å². The molecular weight excluding hydrogens is 362 g/mol. The van der Waals surface area contributed by atoms with Gasteiger partial charge < -0.3 is 9.73 Å². The molecule has 1 saturated heterocycles. The van der Waals surface area contributed by atoms with Crippen molar-refractivity contribution in [3.05, 3.63) is 47.3 Å². The highest BCUT2D eigenvalue weighted by atomic mass is 32.1. The Bertz CT molecular complexity index is 852. The van der Waals surface area contributed by atoms with Gasteiger partial charge >= 0.3 is 0 Å². The van der Waals surface area contributed by atoms with Crippen LogP contribution in [0.1, 0.15) is 5.56 Å². The van der Waals surface area contributed by atoms with Crippen LogP contribution in [0.5, 0.6) is 0 Å². The lowest BCUT2D eigenvalue weighted by molar-refractivity contribution is -0.122. The highest BCUT2D eigenvalue weighted by Gasteiger charge is 2.20. The summed E-state index contributed by atoms with van der Waals surface area (Å²) in [4.78, 5) is 16.6.